The molecule has 0 aromatic carbocycles. The van der Waals surface area contributed by atoms with Crippen LogP contribution < -0.4 is 5.14 Å². The minimum atomic E-state index is -3.15. The molecule has 17 heavy (non-hydrogen) atoms. The maximum absolute atomic E-state index is 12.0. The molecule has 1 aromatic heterocycles. The van der Waals surface area contributed by atoms with Gasteiger partial charge >= 0.3 is 0 Å². The van der Waals surface area contributed by atoms with Crippen LogP contribution in [-0.4, -0.2) is 15.1 Å². The van der Waals surface area contributed by atoms with Gasteiger partial charge in [0.2, 0.25) is 4.34 Å². The highest BCUT2D eigenvalue weighted by Gasteiger charge is 2.13. The normalized spacial score (nSPS) is 14.6. The molecule has 0 aliphatic rings. The van der Waals surface area contributed by atoms with Gasteiger partial charge in [-0.15, -0.1) is 15.7 Å². The summed E-state index contributed by atoms with van der Waals surface area (Å²) in [5, 5.41) is 7.28. The van der Waals surface area contributed by atoms with Gasteiger partial charge in [-0.3, -0.25) is 4.79 Å². The summed E-state index contributed by atoms with van der Waals surface area (Å²) in [4.78, 5) is 15.5. The smallest absolute Gasteiger partial charge is 0.255 e. The van der Waals surface area contributed by atoms with Crippen molar-refractivity contribution in [2.75, 3.05) is 0 Å². The molecule has 0 aliphatic carbocycles. The summed E-state index contributed by atoms with van der Waals surface area (Å²) in [6.07, 6.45) is 0.991. The largest absolute Gasteiger partial charge is 0.272 e. The van der Waals surface area contributed by atoms with E-state index in [4.69, 9.17) is 5.14 Å². The molecule has 0 saturated carbocycles. The van der Waals surface area contributed by atoms with Crippen LogP contribution in [0.3, 0.4) is 0 Å². The van der Waals surface area contributed by atoms with Crippen molar-refractivity contribution >= 4 is 27.2 Å². The first-order valence-electron chi connectivity index (χ1n) is 5.31. The van der Waals surface area contributed by atoms with Crippen LogP contribution in [0.4, 0.5) is 0 Å². The standard InChI is InChI=1S/C10H17N3O2S2/c1-7(2)4-5-9(14)13-17(11,15)10-12-8(3)6-16-10/h6-7H,4-5H2,1-3H3,(H2,11,13,14,15). The number of hydrogen-bond acceptors (Lipinski definition) is 4. The molecule has 7 heteroatoms. The first-order chi connectivity index (χ1) is 7.81. The van der Waals surface area contributed by atoms with Gasteiger partial charge in [0.25, 0.3) is 5.91 Å². The fourth-order valence-electron chi connectivity index (χ4n) is 1.11. The number of carbonyl (C=O) groups is 1. The fraction of sp³-hybridized carbons (Fsp3) is 0.600. The third-order valence-electron chi connectivity index (χ3n) is 2.02. The number of aryl methyl sites for hydroxylation is 1. The van der Waals surface area contributed by atoms with Gasteiger partial charge in [-0.1, -0.05) is 13.8 Å². The number of carbonyl (C=O) groups excluding carboxylic acids is 1. The van der Waals surface area contributed by atoms with Crippen LogP contribution in [0.5, 0.6) is 0 Å². The van der Waals surface area contributed by atoms with Crippen LogP contribution in [0, 0.1) is 12.8 Å². The van der Waals surface area contributed by atoms with Crippen molar-refractivity contribution < 1.29 is 9.00 Å². The summed E-state index contributed by atoms with van der Waals surface area (Å²) in [5.41, 5.74) is 0.730. The van der Waals surface area contributed by atoms with Crippen molar-refractivity contribution in [1.29, 1.82) is 0 Å². The molecule has 2 N–H and O–H groups in total. The molecule has 0 spiro atoms. The minimum Gasteiger partial charge on any atom is -0.272 e. The molecule has 0 aliphatic heterocycles. The van der Waals surface area contributed by atoms with E-state index in [2.05, 4.69) is 9.35 Å². The Hall–Kier alpha value is -0.790. The van der Waals surface area contributed by atoms with Gasteiger partial charge in [0.15, 0.2) is 9.92 Å². The van der Waals surface area contributed by atoms with Crippen molar-refractivity contribution in [2.45, 2.75) is 38.0 Å². The van der Waals surface area contributed by atoms with Crippen LogP contribution in [0.2, 0.25) is 0 Å². The number of thiazole rings is 1. The van der Waals surface area contributed by atoms with Crippen LogP contribution in [-0.2, 0) is 14.7 Å². The number of hydrogen-bond donors (Lipinski definition) is 1. The molecule has 0 fully saturated rings. The predicted octanol–water partition coefficient (Wildman–Crippen LogP) is 2.11. The molecule has 1 amide bonds. The average Bonchev–Trinajstić information content (AvgIpc) is 2.62. The number of amides is 1. The Morgan fingerprint density at radius 1 is 1.65 bits per heavy atom. The van der Waals surface area contributed by atoms with Gasteiger partial charge in [-0.05, 0) is 19.3 Å². The van der Waals surface area contributed by atoms with Gasteiger partial charge in [-0.25, -0.2) is 14.3 Å². The monoisotopic (exact) mass is 275 g/mol. The molecule has 0 radical (unpaired) electrons. The third-order valence-corrected chi connectivity index (χ3v) is 4.84. The molecule has 96 valence electrons. The van der Waals surface area contributed by atoms with Gasteiger partial charge in [0.1, 0.15) is 0 Å². The highest BCUT2D eigenvalue weighted by Crippen LogP contribution is 2.16. The zero-order chi connectivity index (χ0) is 13.1. The summed E-state index contributed by atoms with van der Waals surface area (Å²) in [7, 11) is -3.15. The first kappa shape index (κ1) is 14.3. The molecule has 0 bridgehead atoms. The van der Waals surface area contributed by atoms with E-state index in [0.29, 0.717) is 5.92 Å². The highest BCUT2D eigenvalue weighted by molar-refractivity contribution is 7.93. The molecule has 1 unspecified atom stereocenters. The lowest BCUT2D eigenvalue weighted by Gasteiger charge is -2.02. The van der Waals surface area contributed by atoms with Crippen molar-refractivity contribution in [3.8, 4) is 0 Å². The summed E-state index contributed by atoms with van der Waals surface area (Å²) in [6.45, 7) is 5.80. The van der Waals surface area contributed by atoms with E-state index in [1.165, 1.54) is 11.3 Å². The van der Waals surface area contributed by atoms with Gasteiger partial charge in [-0.2, -0.15) is 0 Å². The third kappa shape index (κ3) is 4.53. The van der Waals surface area contributed by atoms with Crippen LogP contribution in [0.1, 0.15) is 32.4 Å². The lowest BCUT2D eigenvalue weighted by Crippen LogP contribution is -2.15. The fourth-order valence-corrected chi connectivity index (χ4v) is 3.19. The topological polar surface area (TPSA) is 85.4 Å². The Labute approximate surface area is 106 Å². The van der Waals surface area contributed by atoms with E-state index in [1.54, 1.807) is 12.3 Å². The Balaban J connectivity index is 2.83. The van der Waals surface area contributed by atoms with Crippen molar-refractivity contribution in [2.24, 2.45) is 15.4 Å². The van der Waals surface area contributed by atoms with Crippen LogP contribution >= 0.6 is 11.3 Å². The Kier molecular flexibility index (Phi) is 4.79. The second-order valence-corrected chi connectivity index (χ2v) is 7.06. The number of nitrogens with two attached hydrogens (primary N) is 1. The van der Waals surface area contributed by atoms with E-state index in [0.717, 1.165) is 12.1 Å². The number of rotatable bonds is 4. The summed E-state index contributed by atoms with van der Waals surface area (Å²) < 4.78 is 15.8. The molecule has 0 saturated heterocycles. The van der Waals surface area contributed by atoms with Gasteiger partial charge in [0, 0.05) is 17.5 Å². The van der Waals surface area contributed by atoms with Gasteiger partial charge < -0.3 is 0 Å². The predicted molar refractivity (Wildman–Crippen MR) is 69.0 cm³/mol. The Morgan fingerprint density at radius 2 is 2.29 bits per heavy atom. The second-order valence-electron chi connectivity index (χ2n) is 4.24. The van der Waals surface area contributed by atoms with Crippen molar-refractivity contribution in [3.63, 3.8) is 0 Å². The summed E-state index contributed by atoms with van der Waals surface area (Å²) in [6, 6.07) is 0. The Morgan fingerprint density at radius 3 is 2.76 bits per heavy atom. The van der Waals surface area contributed by atoms with E-state index >= 15 is 0 Å². The molecule has 5 nitrogen and oxygen atoms in total. The quantitative estimate of drug-likeness (QED) is 0.913. The SMILES string of the molecule is Cc1csc(S(N)(=O)=NC(=O)CCC(C)C)n1. The molecule has 1 heterocycles. The van der Waals surface area contributed by atoms with E-state index < -0.39 is 15.8 Å². The van der Waals surface area contributed by atoms with E-state index in [-0.39, 0.29) is 10.8 Å². The van der Waals surface area contributed by atoms with Crippen molar-refractivity contribution in [3.05, 3.63) is 11.1 Å². The zero-order valence-electron chi connectivity index (χ0n) is 10.2. The molecule has 1 rings (SSSR count). The van der Waals surface area contributed by atoms with E-state index in [1.807, 2.05) is 13.8 Å². The van der Waals surface area contributed by atoms with Gasteiger partial charge in [0.05, 0.1) is 0 Å². The minimum absolute atomic E-state index is 0.216. The number of nitrogens with zero attached hydrogens (tertiary/aromatic N) is 2. The number of aromatic nitrogens is 1. The second kappa shape index (κ2) is 5.70. The van der Waals surface area contributed by atoms with E-state index in [9.17, 15) is 9.00 Å². The zero-order valence-corrected chi connectivity index (χ0v) is 11.8. The Bertz CT molecular complexity index is 513. The highest BCUT2D eigenvalue weighted by atomic mass is 32.2. The van der Waals surface area contributed by atoms with Crippen molar-refractivity contribution in [1.82, 2.24) is 4.98 Å². The lowest BCUT2D eigenvalue weighted by molar-refractivity contribution is -0.117. The summed E-state index contributed by atoms with van der Waals surface area (Å²) >= 11 is 1.17. The lowest BCUT2D eigenvalue weighted by atomic mass is 10.1. The average molecular weight is 275 g/mol. The van der Waals surface area contributed by atoms with Crippen LogP contribution in [0.25, 0.3) is 0 Å². The maximum atomic E-state index is 12.0. The summed E-state index contributed by atoms with van der Waals surface area (Å²) in [5.74, 6) is -0.0101. The molecule has 1 aromatic rings. The molecular formula is C10H17N3O2S2. The first-order valence-corrected chi connectivity index (χ1v) is 7.77. The maximum Gasteiger partial charge on any atom is 0.255 e. The molecule has 1 atom stereocenters. The molecular weight excluding hydrogens is 258 g/mol. The van der Waals surface area contributed by atoms with Crippen LogP contribution in [0.15, 0.2) is 14.1 Å².